The number of H-pyrrole nitrogens is 1. The summed E-state index contributed by atoms with van der Waals surface area (Å²) in [7, 11) is 0. The van der Waals surface area contributed by atoms with Gasteiger partial charge in [0.25, 0.3) is 5.91 Å². The van der Waals surface area contributed by atoms with Crippen molar-refractivity contribution in [3.63, 3.8) is 0 Å². The second-order valence-electron chi connectivity index (χ2n) is 10.5. The van der Waals surface area contributed by atoms with Crippen molar-refractivity contribution >= 4 is 58.2 Å². The van der Waals surface area contributed by atoms with Crippen LogP contribution >= 0.6 is 23.1 Å². The number of aromatic amines is 1. The van der Waals surface area contributed by atoms with Gasteiger partial charge in [-0.3, -0.25) is 19.2 Å². The van der Waals surface area contributed by atoms with E-state index in [0.29, 0.717) is 21.2 Å². The van der Waals surface area contributed by atoms with Crippen LogP contribution in [0.1, 0.15) is 39.2 Å². The molecule has 0 radical (unpaired) electrons. The van der Waals surface area contributed by atoms with Crippen LogP contribution in [0.3, 0.4) is 0 Å². The SMILES string of the molecule is CCOC(=O)c1ccc(N2C(=O)C3Sc4[nH]c(=O)sc4C(c4ccc(OCC(=O)Nc5ccccc5C(F)(F)F)cc4)C3C2=O)cc1. The summed E-state index contributed by atoms with van der Waals surface area (Å²) in [5, 5.41) is 1.86. The maximum Gasteiger partial charge on any atom is 0.418 e. The number of anilines is 2. The fourth-order valence-electron chi connectivity index (χ4n) is 5.54. The van der Waals surface area contributed by atoms with Crippen molar-refractivity contribution in [2.75, 3.05) is 23.4 Å². The highest BCUT2D eigenvalue weighted by atomic mass is 32.2. The minimum atomic E-state index is -4.65. The number of nitrogens with one attached hydrogen (secondary N) is 2. The first-order chi connectivity index (χ1) is 22.5. The highest BCUT2D eigenvalue weighted by Gasteiger charge is 2.56. The fraction of sp³-hybridized carbons (Fsp3) is 0.219. The number of carbonyl (C=O) groups excluding carboxylic acids is 4. The second kappa shape index (κ2) is 12.7. The number of hydrogen-bond acceptors (Lipinski definition) is 9. The van der Waals surface area contributed by atoms with Crippen molar-refractivity contribution in [2.24, 2.45) is 5.92 Å². The molecule has 3 atom stereocenters. The average Bonchev–Trinajstić information content (AvgIpc) is 3.54. The summed E-state index contributed by atoms with van der Waals surface area (Å²) in [5.41, 5.74) is -0.216. The van der Waals surface area contributed by atoms with Gasteiger partial charge < -0.3 is 19.8 Å². The molecule has 0 saturated carbocycles. The van der Waals surface area contributed by atoms with Gasteiger partial charge in [-0.2, -0.15) is 13.2 Å². The van der Waals surface area contributed by atoms with Crippen LogP contribution in [0.15, 0.2) is 82.6 Å². The molecule has 3 amide bonds. The number of nitrogens with zero attached hydrogens (tertiary/aromatic N) is 1. The maximum absolute atomic E-state index is 13.9. The van der Waals surface area contributed by atoms with Gasteiger partial charge in [-0.25, -0.2) is 9.69 Å². The van der Waals surface area contributed by atoms with Crippen molar-refractivity contribution in [1.82, 2.24) is 4.98 Å². The standard InChI is InChI=1S/C32H24F3N3O7S2/c1-2-44-30(42)17-7-11-18(12-8-17)38-28(40)24-23(25-27(37-31(43)47-25)46-26(24)29(38)41)16-9-13-19(14-10-16)45-15-22(39)36-21-6-4-3-5-20(21)32(33,34)35/h3-14,23-24,26H,2,15H2,1H3,(H,36,39)(H,37,43). The van der Waals surface area contributed by atoms with Gasteiger partial charge in [0.05, 0.1) is 40.1 Å². The lowest BCUT2D eigenvalue weighted by atomic mass is 9.83. The molecular weight excluding hydrogens is 659 g/mol. The molecule has 2 aliphatic rings. The Morgan fingerprint density at radius 3 is 2.34 bits per heavy atom. The molecule has 4 aromatic rings. The van der Waals surface area contributed by atoms with E-state index in [2.05, 4.69) is 10.3 Å². The molecule has 0 aliphatic carbocycles. The normalized spacial score (nSPS) is 18.8. The number of fused-ring (bicyclic) bond motifs is 2. The Bertz CT molecular complexity index is 1920. The van der Waals surface area contributed by atoms with Crippen LogP contribution < -0.4 is 19.8 Å². The van der Waals surface area contributed by atoms with Gasteiger partial charge in [-0.15, -0.1) is 0 Å². The molecule has 3 aromatic carbocycles. The first kappa shape index (κ1) is 32.1. The number of carbonyl (C=O) groups is 4. The fourth-order valence-corrected chi connectivity index (χ4v) is 8.05. The monoisotopic (exact) mass is 683 g/mol. The molecule has 2 N–H and O–H groups in total. The number of ether oxygens (including phenoxy) is 2. The third kappa shape index (κ3) is 6.27. The zero-order valence-electron chi connectivity index (χ0n) is 24.3. The third-order valence-corrected chi connectivity index (χ3v) is 9.98. The molecule has 1 saturated heterocycles. The lowest BCUT2D eigenvalue weighted by Gasteiger charge is -2.29. The number of thioether (sulfide) groups is 1. The number of amides is 3. The van der Waals surface area contributed by atoms with Gasteiger partial charge in [-0.05, 0) is 61.0 Å². The number of hydrogen-bond donors (Lipinski definition) is 2. The number of esters is 1. The highest BCUT2D eigenvalue weighted by molar-refractivity contribution is 8.00. The quantitative estimate of drug-likeness (QED) is 0.185. The summed E-state index contributed by atoms with van der Waals surface area (Å²) in [6.07, 6.45) is -4.65. The molecular formula is C32H24F3N3O7S2. The lowest BCUT2D eigenvalue weighted by Crippen LogP contribution is -2.32. The van der Waals surface area contributed by atoms with Crippen LogP contribution in [-0.2, 0) is 25.3 Å². The van der Waals surface area contributed by atoms with Gasteiger partial charge in [0.15, 0.2) is 6.61 Å². The van der Waals surface area contributed by atoms with Gasteiger partial charge >= 0.3 is 17.0 Å². The van der Waals surface area contributed by atoms with Crippen molar-refractivity contribution in [1.29, 1.82) is 0 Å². The number of alkyl halides is 3. The minimum Gasteiger partial charge on any atom is -0.484 e. The van der Waals surface area contributed by atoms with Gasteiger partial charge in [0, 0.05) is 10.8 Å². The predicted octanol–water partition coefficient (Wildman–Crippen LogP) is 5.45. The zero-order valence-corrected chi connectivity index (χ0v) is 26.0. The van der Waals surface area contributed by atoms with E-state index in [-0.39, 0.29) is 22.8 Å². The van der Waals surface area contributed by atoms with Crippen molar-refractivity contribution in [3.8, 4) is 5.75 Å². The summed E-state index contributed by atoms with van der Waals surface area (Å²) >= 11 is 2.06. The van der Waals surface area contributed by atoms with Crippen LogP contribution in [0.5, 0.6) is 5.75 Å². The van der Waals surface area contributed by atoms with Crippen molar-refractivity contribution in [3.05, 3.63) is 104 Å². The predicted molar refractivity (Wildman–Crippen MR) is 167 cm³/mol. The van der Waals surface area contributed by atoms with E-state index >= 15 is 0 Å². The molecule has 47 heavy (non-hydrogen) atoms. The van der Waals surface area contributed by atoms with Crippen LogP contribution in [0.2, 0.25) is 0 Å². The Labute approximate surface area is 272 Å². The molecule has 3 heterocycles. The Morgan fingerprint density at radius 2 is 1.66 bits per heavy atom. The van der Waals surface area contributed by atoms with E-state index in [1.807, 2.05) is 0 Å². The van der Waals surface area contributed by atoms with E-state index < -0.39 is 64.8 Å². The molecule has 1 fully saturated rings. The lowest BCUT2D eigenvalue weighted by molar-refractivity contribution is -0.137. The smallest absolute Gasteiger partial charge is 0.418 e. The summed E-state index contributed by atoms with van der Waals surface area (Å²) in [6, 6.07) is 16.9. The largest absolute Gasteiger partial charge is 0.484 e. The number of halogens is 3. The molecule has 6 rings (SSSR count). The Kier molecular flexibility index (Phi) is 8.68. The number of imide groups is 1. The molecule has 0 bridgehead atoms. The zero-order chi connectivity index (χ0) is 33.5. The van der Waals surface area contributed by atoms with E-state index in [4.69, 9.17) is 9.47 Å². The third-order valence-electron chi connectivity index (χ3n) is 7.58. The second-order valence-corrected chi connectivity index (χ2v) is 12.6. The van der Waals surface area contributed by atoms with E-state index in [1.165, 1.54) is 48.5 Å². The Balaban J connectivity index is 1.21. The molecule has 10 nitrogen and oxygen atoms in total. The first-order valence-corrected chi connectivity index (χ1v) is 15.9. The van der Waals surface area contributed by atoms with Crippen LogP contribution in [0.4, 0.5) is 24.5 Å². The van der Waals surface area contributed by atoms with Gasteiger partial charge in [0.2, 0.25) is 11.8 Å². The van der Waals surface area contributed by atoms with Gasteiger partial charge in [0.1, 0.15) is 11.0 Å². The van der Waals surface area contributed by atoms with Crippen LogP contribution in [0, 0.1) is 5.92 Å². The van der Waals surface area contributed by atoms with Crippen molar-refractivity contribution < 1.29 is 41.8 Å². The van der Waals surface area contributed by atoms with E-state index in [1.54, 1.807) is 19.1 Å². The topological polar surface area (TPSA) is 135 Å². The number of rotatable bonds is 8. The summed E-state index contributed by atoms with van der Waals surface area (Å²) in [5.74, 6) is -3.56. The highest BCUT2D eigenvalue weighted by Crippen LogP contribution is 2.53. The van der Waals surface area contributed by atoms with E-state index in [0.717, 1.165) is 40.1 Å². The number of aromatic nitrogens is 1. The van der Waals surface area contributed by atoms with Crippen molar-refractivity contribution in [2.45, 2.75) is 29.3 Å². The first-order valence-electron chi connectivity index (χ1n) is 14.2. The summed E-state index contributed by atoms with van der Waals surface area (Å²) in [6.45, 7) is 1.30. The minimum absolute atomic E-state index is 0.195. The summed E-state index contributed by atoms with van der Waals surface area (Å²) < 4.78 is 50.3. The molecule has 1 aromatic heterocycles. The van der Waals surface area contributed by atoms with E-state index in [9.17, 15) is 37.1 Å². The van der Waals surface area contributed by atoms with Crippen LogP contribution in [0.25, 0.3) is 0 Å². The number of para-hydroxylation sites is 1. The molecule has 0 spiro atoms. The summed E-state index contributed by atoms with van der Waals surface area (Å²) in [4.78, 5) is 68.5. The Hall–Kier alpha value is -4.89. The number of benzene rings is 3. The van der Waals surface area contributed by atoms with Gasteiger partial charge in [-0.1, -0.05) is 47.4 Å². The molecule has 242 valence electrons. The van der Waals surface area contributed by atoms with Crippen LogP contribution in [-0.4, -0.2) is 47.1 Å². The maximum atomic E-state index is 13.9. The Morgan fingerprint density at radius 1 is 0.957 bits per heavy atom. The average molecular weight is 684 g/mol. The molecule has 3 unspecified atom stereocenters. The molecule has 2 aliphatic heterocycles. The number of thiazole rings is 1. The molecule has 15 heteroatoms.